The number of rotatable bonds is 5. The Bertz CT molecular complexity index is 1300. The van der Waals surface area contributed by atoms with Crippen molar-refractivity contribution in [3.05, 3.63) is 111 Å². The zero-order chi connectivity index (χ0) is 23.8. The number of nitrogens with zero attached hydrogens (tertiary/aromatic N) is 2. The molecule has 33 heavy (non-hydrogen) atoms. The van der Waals surface area contributed by atoms with Gasteiger partial charge in [0.1, 0.15) is 17.9 Å². The van der Waals surface area contributed by atoms with Crippen LogP contribution in [0, 0.1) is 29.4 Å². The lowest BCUT2D eigenvalue weighted by Gasteiger charge is -2.15. The summed E-state index contributed by atoms with van der Waals surface area (Å²) >= 11 is 0. The minimum atomic E-state index is -1.38. The van der Waals surface area contributed by atoms with Crippen molar-refractivity contribution in [1.82, 2.24) is 4.98 Å². The number of ether oxygens (including phenoxy) is 1. The van der Waals surface area contributed by atoms with Gasteiger partial charge in [-0.25, -0.2) is 9.78 Å². The molecule has 0 fully saturated rings. The van der Waals surface area contributed by atoms with E-state index in [4.69, 9.17) is 11.2 Å². The lowest BCUT2D eigenvalue weighted by atomic mass is 10.0. The number of carboxylic acids is 1. The van der Waals surface area contributed by atoms with E-state index in [-0.39, 0.29) is 29.1 Å². The van der Waals surface area contributed by atoms with Gasteiger partial charge in [0.05, 0.1) is 10.3 Å². The molecule has 1 aromatic heterocycles. The van der Waals surface area contributed by atoms with E-state index in [1.807, 2.05) is 66.7 Å². The number of nitro groups is 1. The molecular formula is C26H20N2O5. The number of fused-ring (bicyclic) bond motifs is 1. The Labute approximate surface area is 190 Å². The zero-order valence-electron chi connectivity index (χ0n) is 17.8. The fourth-order valence-electron chi connectivity index (χ4n) is 3.18. The number of aryl methyl sites for hydroxylation is 1. The second-order valence-electron chi connectivity index (χ2n) is 6.93. The molecule has 0 atom stereocenters. The predicted molar refractivity (Wildman–Crippen MR) is 125 cm³/mol. The minimum absolute atomic E-state index is 0.0467. The molecule has 0 bridgehead atoms. The first-order chi connectivity index (χ1) is 15.9. The Morgan fingerprint density at radius 3 is 2.15 bits per heavy atom. The molecule has 0 unspecified atom stereocenters. The molecule has 7 heteroatoms. The third kappa shape index (κ3) is 5.32. The summed E-state index contributed by atoms with van der Waals surface area (Å²) in [7, 11) is 0. The largest absolute Gasteiger partial charge is 0.487 e. The number of carbonyl (C=O) groups is 1. The Hall–Kier alpha value is -4.70. The summed E-state index contributed by atoms with van der Waals surface area (Å²) in [5, 5.41) is 21.2. The standard InChI is InChI=1S/C20H14N2O5.C6H6/c1-3-14-17(20(23)24)21-18-15(22(25)26)10-9-12(2)16(18)19(14)27-11-13-7-5-4-6-8-13;1-2-4-6-5-3-1/h1,4-10H,11H2,2H3,(H,23,24);1-6H. The van der Waals surface area contributed by atoms with Crippen LogP contribution in [0.5, 0.6) is 5.75 Å². The van der Waals surface area contributed by atoms with E-state index in [0.717, 1.165) is 5.56 Å². The lowest BCUT2D eigenvalue weighted by molar-refractivity contribution is -0.383. The van der Waals surface area contributed by atoms with E-state index in [2.05, 4.69) is 10.9 Å². The maximum atomic E-state index is 11.6. The maximum absolute atomic E-state index is 11.6. The first-order valence-electron chi connectivity index (χ1n) is 9.92. The molecule has 1 N–H and O–H groups in total. The first kappa shape index (κ1) is 23.0. The van der Waals surface area contributed by atoms with Crippen LogP contribution in [0.25, 0.3) is 10.9 Å². The second-order valence-corrected chi connectivity index (χ2v) is 6.93. The summed E-state index contributed by atoms with van der Waals surface area (Å²) in [6.07, 6.45) is 5.53. The van der Waals surface area contributed by atoms with Gasteiger partial charge in [0.25, 0.3) is 5.69 Å². The van der Waals surface area contributed by atoms with Gasteiger partial charge in [0.2, 0.25) is 0 Å². The SMILES string of the molecule is C#Cc1c(C(=O)O)nc2c([N+](=O)[O-])ccc(C)c2c1OCc1ccccc1.c1ccccc1. The average molecular weight is 440 g/mol. The number of pyridine rings is 1. The number of aromatic nitrogens is 1. The van der Waals surface area contributed by atoms with Gasteiger partial charge in [-0.3, -0.25) is 10.1 Å². The minimum Gasteiger partial charge on any atom is -0.487 e. The van der Waals surface area contributed by atoms with Crippen molar-refractivity contribution in [1.29, 1.82) is 0 Å². The number of carboxylic acid groups (broad SMARTS) is 1. The van der Waals surface area contributed by atoms with Crippen LogP contribution in [0.15, 0.2) is 78.9 Å². The summed E-state index contributed by atoms with van der Waals surface area (Å²) < 4.78 is 5.87. The zero-order valence-corrected chi connectivity index (χ0v) is 17.8. The third-order valence-corrected chi connectivity index (χ3v) is 4.72. The summed E-state index contributed by atoms with van der Waals surface area (Å²) in [5.41, 5.74) is 0.590. The van der Waals surface area contributed by atoms with Gasteiger partial charge < -0.3 is 9.84 Å². The summed E-state index contributed by atoms with van der Waals surface area (Å²) in [5.74, 6) is 1.03. The molecule has 4 aromatic rings. The highest BCUT2D eigenvalue weighted by atomic mass is 16.6. The molecule has 0 saturated carbocycles. The molecule has 0 aliphatic rings. The molecular weight excluding hydrogens is 420 g/mol. The number of benzene rings is 3. The van der Waals surface area contributed by atoms with Crippen LogP contribution >= 0.6 is 0 Å². The van der Waals surface area contributed by atoms with E-state index in [9.17, 15) is 20.0 Å². The highest BCUT2D eigenvalue weighted by Gasteiger charge is 2.26. The third-order valence-electron chi connectivity index (χ3n) is 4.72. The van der Waals surface area contributed by atoms with Gasteiger partial charge in [-0.2, -0.15) is 0 Å². The van der Waals surface area contributed by atoms with E-state index >= 15 is 0 Å². The molecule has 0 spiro atoms. The van der Waals surface area contributed by atoms with Crippen molar-refractivity contribution in [3.63, 3.8) is 0 Å². The number of hydrogen-bond acceptors (Lipinski definition) is 5. The van der Waals surface area contributed by atoms with Crippen LogP contribution in [0.4, 0.5) is 5.69 Å². The van der Waals surface area contributed by atoms with Crippen LogP contribution in [0.3, 0.4) is 0 Å². The molecule has 0 saturated heterocycles. The lowest BCUT2D eigenvalue weighted by Crippen LogP contribution is -2.09. The van der Waals surface area contributed by atoms with Crippen molar-refractivity contribution in [2.45, 2.75) is 13.5 Å². The molecule has 3 aromatic carbocycles. The van der Waals surface area contributed by atoms with Crippen LogP contribution in [-0.2, 0) is 6.61 Å². The number of nitro benzene ring substituents is 1. The van der Waals surface area contributed by atoms with Crippen molar-refractivity contribution in [2.75, 3.05) is 0 Å². The van der Waals surface area contributed by atoms with Crippen molar-refractivity contribution in [2.24, 2.45) is 0 Å². The molecule has 0 radical (unpaired) electrons. The van der Waals surface area contributed by atoms with E-state index in [1.54, 1.807) is 13.0 Å². The Kier molecular flexibility index (Phi) is 7.35. The van der Waals surface area contributed by atoms with Crippen LogP contribution in [-0.4, -0.2) is 21.0 Å². The van der Waals surface area contributed by atoms with E-state index < -0.39 is 16.6 Å². The van der Waals surface area contributed by atoms with Gasteiger partial charge in [-0.15, -0.1) is 6.42 Å². The molecule has 0 aliphatic heterocycles. The van der Waals surface area contributed by atoms with Crippen LogP contribution in [0.1, 0.15) is 27.2 Å². The smallest absolute Gasteiger partial charge is 0.355 e. The number of non-ortho nitro benzene ring substituents is 1. The predicted octanol–water partition coefficient (Wildman–Crippen LogP) is 5.40. The van der Waals surface area contributed by atoms with Gasteiger partial charge in [0, 0.05) is 6.07 Å². The van der Waals surface area contributed by atoms with Crippen LogP contribution < -0.4 is 4.74 Å². The number of terminal acetylenes is 1. The van der Waals surface area contributed by atoms with Crippen molar-refractivity contribution in [3.8, 4) is 18.1 Å². The van der Waals surface area contributed by atoms with Gasteiger partial charge in [0.15, 0.2) is 11.2 Å². The van der Waals surface area contributed by atoms with Crippen molar-refractivity contribution < 1.29 is 19.6 Å². The fourth-order valence-corrected chi connectivity index (χ4v) is 3.18. The van der Waals surface area contributed by atoms with Crippen molar-refractivity contribution >= 4 is 22.6 Å². The van der Waals surface area contributed by atoms with E-state index in [0.29, 0.717) is 10.9 Å². The maximum Gasteiger partial charge on any atom is 0.355 e. The Morgan fingerprint density at radius 1 is 1.06 bits per heavy atom. The first-order valence-corrected chi connectivity index (χ1v) is 9.92. The number of aromatic carboxylic acids is 1. The fraction of sp³-hybridized carbons (Fsp3) is 0.0769. The average Bonchev–Trinajstić information content (AvgIpc) is 2.84. The van der Waals surface area contributed by atoms with E-state index in [1.165, 1.54) is 6.07 Å². The topological polar surface area (TPSA) is 103 Å². The summed E-state index contributed by atoms with van der Waals surface area (Å²) in [6.45, 7) is 1.85. The van der Waals surface area contributed by atoms with Crippen LogP contribution in [0.2, 0.25) is 0 Å². The summed E-state index contributed by atoms with van der Waals surface area (Å²) in [4.78, 5) is 26.4. The molecule has 4 rings (SSSR count). The summed E-state index contributed by atoms with van der Waals surface area (Å²) in [6, 6.07) is 24.0. The van der Waals surface area contributed by atoms with Gasteiger partial charge >= 0.3 is 5.97 Å². The highest BCUT2D eigenvalue weighted by molar-refractivity contribution is 6.01. The van der Waals surface area contributed by atoms with Gasteiger partial charge in [-0.1, -0.05) is 78.7 Å². The monoisotopic (exact) mass is 440 g/mol. The molecule has 0 aliphatic carbocycles. The second kappa shape index (κ2) is 10.6. The Morgan fingerprint density at radius 2 is 1.64 bits per heavy atom. The Balaban J connectivity index is 0.000000442. The highest BCUT2D eigenvalue weighted by Crippen LogP contribution is 2.37. The number of hydrogen-bond donors (Lipinski definition) is 1. The molecule has 7 nitrogen and oxygen atoms in total. The molecule has 0 amide bonds. The molecule has 1 heterocycles. The normalized spacial score (nSPS) is 9.94. The molecule has 164 valence electrons. The quantitative estimate of drug-likeness (QED) is 0.253. The van der Waals surface area contributed by atoms with Gasteiger partial charge in [-0.05, 0) is 18.1 Å².